The summed E-state index contributed by atoms with van der Waals surface area (Å²) in [5.74, 6) is 0.874. The molecule has 2 N–H and O–H groups in total. The SMILES string of the molecule is CN1CCCC1CCOC(=N)/C=C\c1ncc(-c2cccc(-c3ccccc3)c2)[nH]1. The summed E-state index contributed by atoms with van der Waals surface area (Å²) >= 11 is 0. The van der Waals surface area contributed by atoms with E-state index in [1.165, 1.54) is 24.0 Å². The van der Waals surface area contributed by atoms with E-state index in [1.54, 1.807) is 12.2 Å². The van der Waals surface area contributed by atoms with E-state index < -0.39 is 0 Å². The molecule has 5 nitrogen and oxygen atoms in total. The second kappa shape index (κ2) is 9.55. The number of rotatable bonds is 7. The maximum Gasteiger partial charge on any atom is 0.205 e. The first-order chi connectivity index (χ1) is 14.7. The number of H-pyrrole nitrogens is 1. The van der Waals surface area contributed by atoms with Crippen LogP contribution >= 0.6 is 0 Å². The Balaban J connectivity index is 1.34. The molecule has 2 aromatic carbocycles. The molecular weight excluding hydrogens is 372 g/mol. The zero-order valence-electron chi connectivity index (χ0n) is 17.3. The maximum atomic E-state index is 7.99. The van der Waals surface area contributed by atoms with Gasteiger partial charge in [-0.05, 0) is 56.1 Å². The van der Waals surface area contributed by atoms with E-state index in [2.05, 4.69) is 58.3 Å². The van der Waals surface area contributed by atoms with Crippen LogP contribution in [0.5, 0.6) is 0 Å². The van der Waals surface area contributed by atoms with Crippen LogP contribution in [0.2, 0.25) is 0 Å². The number of nitrogens with zero attached hydrogens (tertiary/aromatic N) is 2. The van der Waals surface area contributed by atoms with Crippen LogP contribution in [0.3, 0.4) is 0 Å². The van der Waals surface area contributed by atoms with Gasteiger partial charge in [0.1, 0.15) is 5.82 Å². The van der Waals surface area contributed by atoms with Gasteiger partial charge in [0.15, 0.2) is 0 Å². The standard InChI is InChI=1S/C25H28N4O/c1-29-15-6-11-22(29)14-16-30-24(26)12-13-25-27-18-23(28-25)21-10-5-9-20(17-21)19-7-3-2-4-8-19/h2-5,7-10,12-13,17-18,22,26H,6,11,14-16H2,1H3,(H,27,28)/b13-12-,26-24?. The molecule has 2 heterocycles. The number of aromatic nitrogens is 2. The molecule has 0 radical (unpaired) electrons. The minimum atomic E-state index is 0.166. The van der Waals surface area contributed by atoms with Crippen LogP contribution < -0.4 is 0 Å². The molecule has 0 spiro atoms. The molecule has 0 bridgehead atoms. The first-order valence-corrected chi connectivity index (χ1v) is 10.5. The minimum Gasteiger partial charge on any atom is -0.478 e. The largest absolute Gasteiger partial charge is 0.478 e. The van der Waals surface area contributed by atoms with Crippen molar-refractivity contribution in [1.29, 1.82) is 5.41 Å². The van der Waals surface area contributed by atoms with Crippen molar-refractivity contribution in [2.45, 2.75) is 25.3 Å². The van der Waals surface area contributed by atoms with Gasteiger partial charge < -0.3 is 14.6 Å². The molecule has 1 saturated heterocycles. The second-order valence-corrected chi connectivity index (χ2v) is 7.74. The fraction of sp³-hybridized carbons (Fsp3) is 0.280. The van der Waals surface area contributed by atoms with Gasteiger partial charge in [0, 0.05) is 17.7 Å². The topological polar surface area (TPSA) is 65.0 Å². The summed E-state index contributed by atoms with van der Waals surface area (Å²) in [7, 11) is 2.16. The third kappa shape index (κ3) is 5.05. The molecule has 1 aromatic heterocycles. The highest BCUT2D eigenvalue weighted by atomic mass is 16.5. The number of imidazole rings is 1. The van der Waals surface area contributed by atoms with Crippen molar-refractivity contribution in [2.75, 3.05) is 20.2 Å². The van der Waals surface area contributed by atoms with Gasteiger partial charge >= 0.3 is 0 Å². The van der Waals surface area contributed by atoms with Crippen LogP contribution in [0.4, 0.5) is 0 Å². The average Bonchev–Trinajstić information content (AvgIpc) is 3.42. The van der Waals surface area contributed by atoms with E-state index >= 15 is 0 Å². The molecule has 1 fully saturated rings. The quantitative estimate of drug-likeness (QED) is 0.421. The van der Waals surface area contributed by atoms with E-state index in [4.69, 9.17) is 10.1 Å². The van der Waals surface area contributed by atoms with Crippen molar-refractivity contribution < 1.29 is 4.74 Å². The smallest absolute Gasteiger partial charge is 0.205 e. The van der Waals surface area contributed by atoms with Gasteiger partial charge in [-0.15, -0.1) is 0 Å². The lowest BCUT2D eigenvalue weighted by molar-refractivity contribution is 0.226. The number of nitrogens with one attached hydrogen (secondary N) is 2. The average molecular weight is 401 g/mol. The molecule has 1 aliphatic heterocycles. The minimum absolute atomic E-state index is 0.166. The molecule has 0 amide bonds. The molecule has 3 aromatic rings. The molecular formula is C25H28N4O. The molecule has 30 heavy (non-hydrogen) atoms. The summed E-state index contributed by atoms with van der Waals surface area (Å²) in [5, 5.41) is 7.99. The van der Waals surface area contributed by atoms with Crippen molar-refractivity contribution in [1.82, 2.24) is 14.9 Å². The Hall–Kier alpha value is -3.18. The van der Waals surface area contributed by atoms with Crippen molar-refractivity contribution in [3.63, 3.8) is 0 Å². The fourth-order valence-corrected chi connectivity index (χ4v) is 3.92. The van der Waals surface area contributed by atoms with Crippen LogP contribution in [0, 0.1) is 5.41 Å². The molecule has 154 valence electrons. The predicted molar refractivity (Wildman–Crippen MR) is 122 cm³/mol. The highest BCUT2D eigenvalue weighted by Gasteiger charge is 2.20. The number of hydrogen-bond acceptors (Lipinski definition) is 4. The van der Waals surface area contributed by atoms with Gasteiger partial charge in [0.2, 0.25) is 5.90 Å². The number of benzene rings is 2. The summed E-state index contributed by atoms with van der Waals surface area (Å²) < 4.78 is 5.56. The Kier molecular flexibility index (Phi) is 6.40. The normalized spacial score (nSPS) is 16.9. The van der Waals surface area contributed by atoms with Crippen LogP contribution in [0.15, 0.2) is 66.9 Å². The zero-order valence-corrected chi connectivity index (χ0v) is 17.3. The fourth-order valence-electron chi connectivity index (χ4n) is 3.92. The number of likely N-dealkylation sites (tertiary alicyclic amines) is 1. The zero-order chi connectivity index (χ0) is 20.8. The molecule has 1 aliphatic rings. The van der Waals surface area contributed by atoms with E-state index in [0.717, 1.165) is 24.2 Å². The van der Waals surface area contributed by atoms with Crippen molar-refractivity contribution in [2.24, 2.45) is 0 Å². The Labute approximate surface area is 177 Å². The van der Waals surface area contributed by atoms with E-state index in [0.29, 0.717) is 18.5 Å². The van der Waals surface area contributed by atoms with E-state index in [-0.39, 0.29) is 5.90 Å². The summed E-state index contributed by atoms with van der Waals surface area (Å²) in [4.78, 5) is 10.1. The van der Waals surface area contributed by atoms with Gasteiger partial charge in [-0.2, -0.15) is 0 Å². The van der Waals surface area contributed by atoms with E-state index in [1.807, 2.05) is 24.4 Å². The maximum absolute atomic E-state index is 7.99. The molecule has 1 unspecified atom stereocenters. The number of hydrogen-bond donors (Lipinski definition) is 2. The van der Waals surface area contributed by atoms with Crippen molar-refractivity contribution in [3.8, 4) is 22.4 Å². The molecule has 5 heteroatoms. The predicted octanol–water partition coefficient (Wildman–Crippen LogP) is 5.24. The first kappa shape index (κ1) is 20.1. The Morgan fingerprint density at radius 1 is 1.17 bits per heavy atom. The highest BCUT2D eigenvalue weighted by molar-refractivity contribution is 5.88. The summed E-state index contributed by atoms with van der Waals surface area (Å²) in [6.07, 6.45) is 8.72. The first-order valence-electron chi connectivity index (χ1n) is 10.5. The van der Waals surface area contributed by atoms with Crippen LogP contribution in [-0.4, -0.2) is 47.0 Å². The molecule has 0 aliphatic carbocycles. The van der Waals surface area contributed by atoms with Crippen molar-refractivity contribution in [3.05, 3.63) is 72.7 Å². The Bertz CT molecular complexity index is 1010. The van der Waals surface area contributed by atoms with Gasteiger partial charge in [0.25, 0.3) is 0 Å². The van der Waals surface area contributed by atoms with Crippen LogP contribution in [0.25, 0.3) is 28.5 Å². The Morgan fingerprint density at radius 2 is 1.97 bits per heavy atom. The number of aromatic amines is 1. The van der Waals surface area contributed by atoms with Crippen LogP contribution in [0.1, 0.15) is 25.1 Å². The second-order valence-electron chi connectivity index (χ2n) is 7.74. The summed E-state index contributed by atoms with van der Waals surface area (Å²) in [6, 6.07) is 19.3. The number of ether oxygens (including phenoxy) is 1. The third-order valence-corrected chi connectivity index (χ3v) is 5.65. The van der Waals surface area contributed by atoms with Gasteiger partial charge in [-0.25, -0.2) is 4.98 Å². The van der Waals surface area contributed by atoms with Crippen LogP contribution in [-0.2, 0) is 4.74 Å². The monoisotopic (exact) mass is 400 g/mol. The van der Waals surface area contributed by atoms with Crippen molar-refractivity contribution >= 4 is 12.0 Å². The third-order valence-electron chi connectivity index (χ3n) is 5.65. The lowest BCUT2D eigenvalue weighted by atomic mass is 10.0. The Morgan fingerprint density at radius 3 is 2.77 bits per heavy atom. The van der Waals surface area contributed by atoms with Gasteiger partial charge in [-0.3, -0.25) is 5.41 Å². The lowest BCUT2D eigenvalue weighted by Gasteiger charge is -2.18. The molecule has 4 rings (SSSR count). The van der Waals surface area contributed by atoms with Gasteiger partial charge in [0.05, 0.1) is 18.5 Å². The lowest BCUT2D eigenvalue weighted by Crippen LogP contribution is -2.26. The summed E-state index contributed by atoms with van der Waals surface area (Å²) in [6.45, 7) is 1.74. The molecule has 1 atom stereocenters. The highest BCUT2D eigenvalue weighted by Crippen LogP contribution is 2.25. The summed E-state index contributed by atoms with van der Waals surface area (Å²) in [5.41, 5.74) is 4.39. The van der Waals surface area contributed by atoms with Gasteiger partial charge in [-0.1, -0.05) is 48.5 Å². The van der Waals surface area contributed by atoms with E-state index in [9.17, 15) is 0 Å². The molecule has 0 saturated carbocycles.